The van der Waals surface area contributed by atoms with Crippen LogP contribution in [-0.4, -0.2) is 5.78 Å². The van der Waals surface area contributed by atoms with Crippen LogP contribution in [0.4, 0.5) is 13.2 Å². The Balaban J connectivity index is 2.89. The van der Waals surface area contributed by atoms with Gasteiger partial charge in [0.1, 0.15) is 0 Å². The number of alkyl halides is 3. The smallest absolute Gasteiger partial charge is 0.294 e. The highest BCUT2D eigenvalue weighted by molar-refractivity contribution is 9.10. The quantitative estimate of drug-likeness (QED) is 0.588. The third kappa shape index (κ3) is 5.81. The van der Waals surface area contributed by atoms with Gasteiger partial charge in [-0.05, 0) is 29.9 Å². The first-order valence-electron chi connectivity index (χ1n) is 6.80. The lowest BCUT2D eigenvalue weighted by atomic mass is 9.83. The average molecular weight is 365 g/mol. The van der Waals surface area contributed by atoms with Crippen molar-refractivity contribution in [1.29, 1.82) is 0 Å². The number of carbonyl (C=O) groups excluding carboxylic acids is 1. The summed E-state index contributed by atoms with van der Waals surface area (Å²) in [5.74, 6) is -0.111. The normalized spacial score (nSPS) is 14.1. The zero-order chi connectivity index (χ0) is 16.4. The molecule has 0 N–H and O–H groups in total. The Morgan fingerprint density at radius 2 is 1.81 bits per heavy atom. The summed E-state index contributed by atoms with van der Waals surface area (Å²) in [4.78, 5) is 12.1. The largest absolute Gasteiger partial charge is 0.417 e. The first-order valence-corrected chi connectivity index (χ1v) is 7.59. The summed E-state index contributed by atoms with van der Waals surface area (Å²) in [7, 11) is 0. The number of carbonyl (C=O) groups is 1. The van der Waals surface area contributed by atoms with Gasteiger partial charge in [-0.3, -0.25) is 4.79 Å². The Kier molecular flexibility index (Phi) is 5.64. The zero-order valence-electron chi connectivity index (χ0n) is 12.6. The van der Waals surface area contributed by atoms with Crippen molar-refractivity contribution in [3.63, 3.8) is 0 Å². The van der Waals surface area contributed by atoms with Gasteiger partial charge >= 0.3 is 6.18 Å². The van der Waals surface area contributed by atoms with E-state index in [1.165, 1.54) is 12.1 Å². The molecule has 0 fully saturated rings. The van der Waals surface area contributed by atoms with Gasteiger partial charge < -0.3 is 0 Å². The molecule has 1 aromatic rings. The van der Waals surface area contributed by atoms with Crippen LogP contribution in [0.15, 0.2) is 22.7 Å². The van der Waals surface area contributed by atoms with E-state index in [1.807, 2.05) is 6.92 Å². The summed E-state index contributed by atoms with van der Waals surface area (Å²) in [6.07, 6.45) is -3.36. The van der Waals surface area contributed by atoms with Gasteiger partial charge in [-0.2, -0.15) is 13.2 Å². The first kappa shape index (κ1) is 18.2. The molecule has 1 rings (SSSR count). The van der Waals surface area contributed by atoms with Gasteiger partial charge in [-0.15, -0.1) is 0 Å². The molecule has 5 heteroatoms. The molecule has 0 saturated heterocycles. The molecule has 0 spiro atoms. The fraction of sp³-hybridized carbons (Fsp3) is 0.562. The Labute approximate surface area is 132 Å². The van der Waals surface area contributed by atoms with Gasteiger partial charge in [-0.25, -0.2) is 0 Å². The SMILES string of the molecule is CC(CC(=O)c1ccc(Br)c(C(F)(F)F)c1)CC(C)(C)C. The number of ketones is 1. The number of Topliss-reactive ketones (excluding diaryl/α,β-unsaturated/α-hetero) is 1. The van der Waals surface area contributed by atoms with Gasteiger partial charge in [-0.1, -0.05) is 49.7 Å². The van der Waals surface area contributed by atoms with E-state index in [2.05, 4.69) is 36.7 Å². The lowest BCUT2D eigenvalue weighted by Crippen LogP contribution is -2.15. The van der Waals surface area contributed by atoms with Crippen LogP contribution in [0.2, 0.25) is 0 Å². The number of halogens is 4. The molecule has 118 valence electrons. The van der Waals surface area contributed by atoms with Crippen LogP contribution in [0.5, 0.6) is 0 Å². The second-order valence-corrected chi connectivity index (χ2v) is 7.54. The molecule has 0 bridgehead atoms. The van der Waals surface area contributed by atoms with E-state index < -0.39 is 11.7 Å². The van der Waals surface area contributed by atoms with Crippen LogP contribution in [0.25, 0.3) is 0 Å². The maximum atomic E-state index is 12.8. The van der Waals surface area contributed by atoms with E-state index in [-0.39, 0.29) is 33.6 Å². The number of benzene rings is 1. The van der Waals surface area contributed by atoms with Crippen molar-refractivity contribution in [1.82, 2.24) is 0 Å². The molecule has 0 aliphatic heterocycles. The van der Waals surface area contributed by atoms with Crippen LogP contribution in [0, 0.1) is 11.3 Å². The van der Waals surface area contributed by atoms with Crippen LogP contribution < -0.4 is 0 Å². The lowest BCUT2D eigenvalue weighted by Gasteiger charge is -2.22. The fourth-order valence-corrected chi connectivity index (χ4v) is 2.94. The standard InChI is InChI=1S/C16H20BrF3O/c1-10(9-15(2,3)4)7-14(21)11-5-6-13(17)12(8-11)16(18,19)20/h5-6,8,10H,7,9H2,1-4H3. The Morgan fingerprint density at radius 3 is 2.29 bits per heavy atom. The minimum atomic E-state index is -4.47. The minimum Gasteiger partial charge on any atom is -0.294 e. The first-order chi connectivity index (χ1) is 9.40. The van der Waals surface area contributed by atoms with E-state index in [4.69, 9.17) is 0 Å². The number of rotatable bonds is 4. The van der Waals surface area contributed by atoms with Crippen molar-refractivity contribution in [2.45, 2.75) is 46.7 Å². The fourth-order valence-electron chi connectivity index (χ4n) is 2.47. The third-order valence-corrected chi connectivity index (χ3v) is 3.78. The monoisotopic (exact) mass is 364 g/mol. The Hall–Kier alpha value is -0.840. The molecule has 1 unspecified atom stereocenters. The maximum Gasteiger partial charge on any atom is 0.417 e. The van der Waals surface area contributed by atoms with Gasteiger partial charge in [0.25, 0.3) is 0 Å². The highest BCUT2D eigenvalue weighted by Gasteiger charge is 2.33. The van der Waals surface area contributed by atoms with Gasteiger partial charge in [0.2, 0.25) is 0 Å². The van der Waals surface area contributed by atoms with Gasteiger partial charge in [0.15, 0.2) is 5.78 Å². The summed E-state index contributed by atoms with van der Waals surface area (Å²) in [6, 6.07) is 3.65. The number of hydrogen-bond acceptors (Lipinski definition) is 1. The van der Waals surface area contributed by atoms with Crippen molar-refractivity contribution in [2.24, 2.45) is 11.3 Å². The van der Waals surface area contributed by atoms with Crippen LogP contribution in [0.3, 0.4) is 0 Å². The Bertz CT molecular complexity index is 515. The van der Waals surface area contributed by atoms with Gasteiger partial charge in [0, 0.05) is 16.5 Å². The van der Waals surface area contributed by atoms with Crippen molar-refractivity contribution in [3.05, 3.63) is 33.8 Å². The van der Waals surface area contributed by atoms with Gasteiger partial charge in [0.05, 0.1) is 5.56 Å². The second kappa shape index (κ2) is 6.51. The average Bonchev–Trinajstić information content (AvgIpc) is 2.24. The highest BCUT2D eigenvalue weighted by atomic mass is 79.9. The molecule has 1 nitrogen and oxygen atoms in total. The topological polar surface area (TPSA) is 17.1 Å². The minimum absolute atomic E-state index is 0.0470. The predicted molar refractivity (Wildman–Crippen MR) is 81.3 cm³/mol. The summed E-state index contributed by atoms with van der Waals surface area (Å²) in [6.45, 7) is 8.19. The molecule has 1 aromatic carbocycles. The molecule has 0 aliphatic rings. The van der Waals surface area contributed by atoms with E-state index >= 15 is 0 Å². The molecule has 0 aliphatic carbocycles. The van der Waals surface area contributed by atoms with E-state index in [1.54, 1.807) is 0 Å². The summed E-state index contributed by atoms with van der Waals surface area (Å²) < 4.78 is 38.5. The van der Waals surface area contributed by atoms with E-state index in [0.717, 1.165) is 12.5 Å². The van der Waals surface area contributed by atoms with Crippen LogP contribution in [-0.2, 0) is 6.18 Å². The van der Waals surface area contributed by atoms with Crippen molar-refractivity contribution in [2.75, 3.05) is 0 Å². The summed E-state index contributed by atoms with van der Waals surface area (Å²) >= 11 is 2.87. The molecule has 0 saturated carbocycles. The van der Waals surface area contributed by atoms with Crippen LogP contribution in [0.1, 0.15) is 56.5 Å². The molecule has 0 heterocycles. The summed E-state index contributed by atoms with van der Waals surface area (Å²) in [5.41, 5.74) is -0.598. The van der Waals surface area contributed by atoms with E-state index in [9.17, 15) is 18.0 Å². The molecule has 1 atom stereocenters. The molecular formula is C16H20BrF3O. The summed E-state index contributed by atoms with van der Waals surface area (Å²) in [5, 5.41) is 0. The highest BCUT2D eigenvalue weighted by Crippen LogP contribution is 2.36. The lowest BCUT2D eigenvalue weighted by molar-refractivity contribution is -0.138. The molecule has 0 amide bonds. The third-order valence-electron chi connectivity index (χ3n) is 3.09. The Morgan fingerprint density at radius 1 is 1.24 bits per heavy atom. The molecule has 21 heavy (non-hydrogen) atoms. The predicted octanol–water partition coefficient (Wildman–Crippen LogP) is 6.11. The molecule has 0 radical (unpaired) electrons. The van der Waals surface area contributed by atoms with Crippen molar-refractivity contribution in [3.8, 4) is 0 Å². The molecule has 0 aromatic heterocycles. The molecular weight excluding hydrogens is 345 g/mol. The zero-order valence-corrected chi connectivity index (χ0v) is 14.2. The number of hydrogen-bond donors (Lipinski definition) is 0. The van der Waals surface area contributed by atoms with E-state index in [0.29, 0.717) is 0 Å². The van der Waals surface area contributed by atoms with Crippen molar-refractivity contribution >= 4 is 21.7 Å². The second-order valence-electron chi connectivity index (χ2n) is 6.69. The van der Waals surface area contributed by atoms with Crippen molar-refractivity contribution < 1.29 is 18.0 Å². The maximum absolute atomic E-state index is 12.8. The van der Waals surface area contributed by atoms with Crippen LogP contribution >= 0.6 is 15.9 Å².